The van der Waals surface area contributed by atoms with E-state index in [1.54, 1.807) is 13.8 Å². The number of ether oxygens (including phenoxy) is 1. The van der Waals surface area contributed by atoms with Crippen LogP contribution < -0.4 is 0 Å². The first-order valence-corrected chi connectivity index (χ1v) is 6.47. The molecule has 0 aromatic heterocycles. The lowest BCUT2D eigenvalue weighted by Crippen LogP contribution is -2.10. The standard InChI is InChI=1S/C8H16NO4P/c1-3-12-14(10,13-4-2)7-8-9-5-6-11-8/h3-7H2,1-2H3. The zero-order valence-electron chi connectivity index (χ0n) is 8.56. The van der Waals surface area contributed by atoms with Gasteiger partial charge in [0.05, 0.1) is 19.8 Å². The van der Waals surface area contributed by atoms with Crippen molar-refractivity contribution in [1.82, 2.24) is 0 Å². The third-order valence-electron chi connectivity index (χ3n) is 1.63. The fourth-order valence-corrected chi connectivity index (χ4v) is 2.73. The minimum atomic E-state index is -3.02. The van der Waals surface area contributed by atoms with Crippen LogP contribution in [0.5, 0.6) is 0 Å². The molecule has 0 bridgehead atoms. The van der Waals surface area contributed by atoms with Crippen LogP contribution in [-0.4, -0.2) is 38.4 Å². The monoisotopic (exact) mass is 221 g/mol. The number of rotatable bonds is 6. The molecule has 0 spiro atoms. The van der Waals surface area contributed by atoms with E-state index in [1.807, 2.05) is 0 Å². The van der Waals surface area contributed by atoms with Crippen molar-refractivity contribution in [2.24, 2.45) is 4.99 Å². The third kappa shape index (κ3) is 3.40. The SMILES string of the molecule is CCOP(=O)(CC1=NCCO1)OCC. The van der Waals surface area contributed by atoms with Crippen LogP contribution in [0, 0.1) is 0 Å². The van der Waals surface area contributed by atoms with Crippen LogP contribution in [0.2, 0.25) is 0 Å². The molecule has 6 heteroatoms. The van der Waals surface area contributed by atoms with Gasteiger partial charge in [-0.25, -0.2) is 0 Å². The first-order valence-electron chi connectivity index (χ1n) is 4.74. The average Bonchev–Trinajstić information content (AvgIpc) is 2.57. The molecule has 82 valence electrons. The second kappa shape index (κ2) is 5.49. The summed E-state index contributed by atoms with van der Waals surface area (Å²) in [4.78, 5) is 4.05. The highest BCUT2D eigenvalue weighted by Gasteiger charge is 2.28. The molecule has 0 aromatic rings. The van der Waals surface area contributed by atoms with E-state index in [9.17, 15) is 4.57 Å². The first-order chi connectivity index (χ1) is 6.70. The maximum atomic E-state index is 12.0. The molecule has 5 nitrogen and oxygen atoms in total. The van der Waals surface area contributed by atoms with Crippen molar-refractivity contribution in [3.05, 3.63) is 0 Å². The largest absolute Gasteiger partial charge is 0.479 e. The third-order valence-corrected chi connectivity index (χ3v) is 3.59. The quantitative estimate of drug-likeness (QED) is 0.640. The van der Waals surface area contributed by atoms with Gasteiger partial charge in [0.1, 0.15) is 12.8 Å². The van der Waals surface area contributed by atoms with Gasteiger partial charge in [0.15, 0.2) is 5.90 Å². The van der Waals surface area contributed by atoms with Crippen molar-refractivity contribution in [1.29, 1.82) is 0 Å². The first kappa shape index (κ1) is 11.7. The Morgan fingerprint density at radius 1 is 1.43 bits per heavy atom. The summed E-state index contributed by atoms with van der Waals surface area (Å²) in [5.41, 5.74) is 0. The van der Waals surface area contributed by atoms with Crippen molar-refractivity contribution in [2.75, 3.05) is 32.5 Å². The Labute approximate surface area is 84.0 Å². The van der Waals surface area contributed by atoms with Gasteiger partial charge >= 0.3 is 7.60 Å². The molecule has 1 heterocycles. The maximum absolute atomic E-state index is 12.0. The Morgan fingerprint density at radius 3 is 2.50 bits per heavy atom. The van der Waals surface area contributed by atoms with E-state index in [-0.39, 0.29) is 6.16 Å². The molecule has 0 radical (unpaired) electrons. The fraction of sp³-hybridized carbons (Fsp3) is 0.875. The smallest absolute Gasteiger partial charge is 0.339 e. The predicted octanol–water partition coefficient (Wildman–Crippen LogP) is 1.68. The minimum Gasteiger partial charge on any atom is -0.479 e. The van der Waals surface area contributed by atoms with Crippen molar-refractivity contribution in [3.63, 3.8) is 0 Å². The second-order valence-electron chi connectivity index (χ2n) is 2.73. The number of nitrogens with zero attached hydrogens (tertiary/aromatic N) is 1. The van der Waals surface area contributed by atoms with Crippen molar-refractivity contribution < 1.29 is 18.3 Å². The highest BCUT2D eigenvalue weighted by molar-refractivity contribution is 7.54. The van der Waals surface area contributed by atoms with Crippen LogP contribution >= 0.6 is 7.60 Å². The molecule has 1 rings (SSSR count). The predicted molar refractivity (Wildman–Crippen MR) is 54.0 cm³/mol. The van der Waals surface area contributed by atoms with Gasteiger partial charge in [-0.1, -0.05) is 0 Å². The molecule has 0 N–H and O–H groups in total. The van der Waals surface area contributed by atoms with Crippen LogP contribution in [0.3, 0.4) is 0 Å². The lowest BCUT2D eigenvalue weighted by Gasteiger charge is -2.16. The summed E-state index contributed by atoms with van der Waals surface area (Å²) in [6, 6.07) is 0. The molecular formula is C8H16NO4P. The topological polar surface area (TPSA) is 57.1 Å². The molecule has 0 aromatic carbocycles. The highest BCUT2D eigenvalue weighted by atomic mass is 31.2. The Hall–Kier alpha value is -0.380. The van der Waals surface area contributed by atoms with E-state index >= 15 is 0 Å². The number of hydrogen-bond acceptors (Lipinski definition) is 5. The van der Waals surface area contributed by atoms with Crippen molar-refractivity contribution in [3.8, 4) is 0 Å². The van der Waals surface area contributed by atoms with Gasteiger partial charge in [0.2, 0.25) is 0 Å². The molecule has 0 amide bonds. The van der Waals surface area contributed by atoms with E-state index in [4.69, 9.17) is 13.8 Å². The molecule has 1 aliphatic heterocycles. The van der Waals surface area contributed by atoms with Gasteiger partial charge in [0, 0.05) is 0 Å². The maximum Gasteiger partial charge on any atom is 0.339 e. The van der Waals surface area contributed by atoms with Gasteiger partial charge in [0.25, 0.3) is 0 Å². The molecule has 0 atom stereocenters. The summed E-state index contributed by atoms with van der Waals surface area (Å²) in [6.07, 6.45) is 0.147. The fourth-order valence-electron chi connectivity index (χ4n) is 1.16. The van der Waals surface area contributed by atoms with E-state index in [0.29, 0.717) is 32.3 Å². The average molecular weight is 221 g/mol. The summed E-state index contributed by atoms with van der Waals surface area (Å²) in [6.45, 7) is 5.49. The Bertz CT molecular complexity index is 244. The van der Waals surface area contributed by atoms with Gasteiger partial charge in [-0.3, -0.25) is 9.56 Å². The molecule has 0 saturated heterocycles. The Kier molecular flexibility index (Phi) is 4.58. The molecule has 0 aliphatic carbocycles. The van der Waals surface area contributed by atoms with Crippen LogP contribution in [0.25, 0.3) is 0 Å². The van der Waals surface area contributed by atoms with Crippen molar-refractivity contribution in [2.45, 2.75) is 13.8 Å². The second-order valence-corrected chi connectivity index (χ2v) is 4.78. The van der Waals surface area contributed by atoms with E-state index < -0.39 is 7.60 Å². The van der Waals surface area contributed by atoms with Gasteiger partial charge in [-0.2, -0.15) is 0 Å². The van der Waals surface area contributed by atoms with Crippen LogP contribution in [0.15, 0.2) is 4.99 Å². The molecule has 14 heavy (non-hydrogen) atoms. The molecule has 0 saturated carbocycles. The van der Waals surface area contributed by atoms with Gasteiger partial charge in [-0.05, 0) is 13.8 Å². The van der Waals surface area contributed by atoms with E-state index in [1.165, 1.54) is 0 Å². The molecule has 0 unspecified atom stereocenters. The molecule has 1 aliphatic rings. The number of aliphatic imine (C=N–C) groups is 1. The van der Waals surface area contributed by atoms with Crippen molar-refractivity contribution >= 4 is 13.5 Å². The zero-order valence-corrected chi connectivity index (χ0v) is 9.46. The molecular weight excluding hydrogens is 205 g/mol. The Balaban J connectivity index is 2.53. The van der Waals surface area contributed by atoms with E-state index in [0.717, 1.165) is 0 Å². The zero-order chi connectivity index (χ0) is 10.4. The lowest BCUT2D eigenvalue weighted by molar-refractivity contribution is 0.221. The normalized spacial score (nSPS) is 16.6. The van der Waals surface area contributed by atoms with Crippen LogP contribution in [0.4, 0.5) is 0 Å². The summed E-state index contributed by atoms with van der Waals surface area (Å²) in [5, 5.41) is 0. The van der Waals surface area contributed by atoms with Crippen LogP contribution in [0.1, 0.15) is 13.8 Å². The van der Waals surface area contributed by atoms with Gasteiger partial charge in [-0.15, -0.1) is 0 Å². The van der Waals surface area contributed by atoms with Crippen LogP contribution in [-0.2, 0) is 18.3 Å². The minimum absolute atomic E-state index is 0.147. The molecule has 0 fully saturated rings. The Morgan fingerprint density at radius 2 is 2.07 bits per heavy atom. The van der Waals surface area contributed by atoms with Gasteiger partial charge < -0.3 is 13.8 Å². The highest BCUT2D eigenvalue weighted by Crippen LogP contribution is 2.48. The summed E-state index contributed by atoms with van der Waals surface area (Å²) < 4.78 is 27.3. The number of hydrogen-bond donors (Lipinski definition) is 0. The summed E-state index contributed by atoms with van der Waals surface area (Å²) in [7, 11) is -3.02. The lowest BCUT2D eigenvalue weighted by atomic mass is 10.7. The summed E-state index contributed by atoms with van der Waals surface area (Å²) in [5.74, 6) is 0.482. The van der Waals surface area contributed by atoms with E-state index in [2.05, 4.69) is 4.99 Å². The summed E-state index contributed by atoms with van der Waals surface area (Å²) >= 11 is 0.